The number of nitrogens with one attached hydrogen (secondary N) is 1. The number of fused-ring (bicyclic) bond motifs is 1. The number of nitrogens with zero attached hydrogens (tertiary/aromatic N) is 5. The van der Waals surface area contributed by atoms with E-state index in [4.69, 9.17) is 19.2 Å². The van der Waals surface area contributed by atoms with E-state index in [-0.39, 0.29) is 25.7 Å². The fourth-order valence-electron chi connectivity index (χ4n) is 7.54. The number of carbonyl (C=O) groups excluding carboxylic acids is 2. The molecule has 0 aliphatic carbocycles. The zero-order valence-electron chi connectivity index (χ0n) is 32.0. The molecule has 2 aromatic heterocycles. The Balaban J connectivity index is 1.70. The summed E-state index contributed by atoms with van der Waals surface area (Å²) in [5.41, 5.74) is 3.37. The van der Waals surface area contributed by atoms with Crippen LogP contribution in [0, 0.1) is 5.41 Å². The number of benzene rings is 1. The first kappa shape index (κ1) is 41.4. The van der Waals surface area contributed by atoms with Gasteiger partial charge < -0.3 is 43.8 Å². The Bertz CT molecular complexity index is 1710. The number of hydrogen-bond donors (Lipinski definition) is 2. The monoisotopic (exact) mass is 760 g/mol. The smallest absolute Gasteiger partial charge is 0.406 e. The van der Waals surface area contributed by atoms with Crippen LogP contribution in [0.1, 0.15) is 51.0 Å². The SMILES string of the molecule is CNC(C=O)CCCN(CCO)c1ccc2c(c1)c(CC(C)(C)COC=O)c(-c1cc(N3CCN(C4COC4)CC3)cnc1C(C)OC)n2CC(F)(F)F. The fourth-order valence-corrected chi connectivity index (χ4v) is 7.54. The summed E-state index contributed by atoms with van der Waals surface area (Å²) in [5.74, 6) is 0. The number of ether oxygens (including phenoxy) is 3. The number of aromatic nitrogens is 2. The molecule has 2 fully saturated rings. The maximum Gasteiger partial charge on any atom is 0.406 e. The number of methoxy groups -OCH3 is 1. The van der Waals surface area contributed by atoms with Gasteiger partial charge in [0.25, 0.3) is 6.47 Å². The van der Waals surface area contributed by atoms with Crippen molar-refractivity contribution in [3.05, 3.63) is 41.7 Å². The number of hydrogen-bond acceptors (Lipinski definition) is 11. The first-order valence-electron chi connectivity index (χ1n) is 18.7. The lowest BCUT2D eigenvalue weighted by Crippen LogP contribution is -2.56. The van der Waals surface area contributed by atoms with Gasteiger partial charge in [0, 0.05) is 73.9 Å². The van der Waals surface area contributed by atoms with Crippen LogP contribution in [0.5, 0.6) is 0 Å². The maximum atomic E-state index is 14.7. The van der Waals surface area contributed by atoms with Crippen LogP contribution in [0.15, 0.2) is 30.5 Å². The molecule has 0 radical (unpaired) electrons. The average molecular weight is 761 g/mol. The minimum Gasteiger partial charge on any atom is -0.467 e. The van der Waals surface area contributed by atoms with E-state index in [1.807, 2.05) is 37.8 Å². The molecule has 15 heteroatoms. The Morgan fingerprint density at radius 1 is 1.13 bits per heavy atom. The van der Waals surface area contributed by atoms with Crippen LogP contribution in [0.2, 0.25) is 0 Å². The molecular formula is C39H55F3N6O6. The zero-order valence-corrected chi connectivity index (χ0v) is 32.0. The Morgan fingerprint density at radius 3 is 2.46 bits per heavy atom. The number of piperazine rings is 1. The molecule has 2 saturated heterocycles. The molecule has 2 aliphatic rings. The lowest BCUT2D eigenvalue weighted by atomic mass is 9.84. The van der Waals surface area contributed by atoms with Crippen molar-refractivity contribution in [3.63, 3.8) is 0 Å². The number of aliphatic hydroxyl groups is 1. The molecule has 2 N–H and O–H groups in total. The number of anilines is 2. The zero-order chi connectivity index (χ0) is 39.0. The summed E-state index contributed by atoms with van der Waals surface area (Å²) in [4.78, 5) is 34.2. The number of aldehydes is 1. The topological polar surface area (TPSA) is 122 Å². The third kappa shape index (κ3) is 9.91. The molecule has 12 nitrogen and oxygen atoms in total. The second-order valence-electron chi connectivity index (χ2n) is 15.1. The van der Waals surface area contributed by atoms with E-state index < -0.39 is 24.2 Å². The van der Waals surface area contributed by atoms with Crippen LogP contribution in [0.25, 0.3) is 22.2 Å². The second kappa shape index (κ2) is 18.2. The van der Waals surface area contributed by atoms with E-state index in [1.54, 1.807) is 32.5 Å². The molecule has 4 heterocycles. The number of alkyl halides is 3. The van der Waals surface area contributed by atoms with Crippen LogP contribution in [0.3, 0.4) is 0 Å². The van der Waals surface area contributed by atoms with Crippen LogP contribution < -0.4 is 15.1 Å². The van der Waals surface area contributed by atoms with Gasteiger partial charge in [-0.2, -0.15) is 13.2 Å². The van der Waals surface area contributed by atoms with Gasteiger partial charge in [-0.15, -0.1) is 0 Å². The van der Waals surface area contributed by atoms with Gasteiger partial charge in [-0.25, -0.2) is 0 Å². The highest BCUT2D eigenvalue weighted by atomic mass is 19.4. The number of halogens is 3. The molecule has 2 atom stereocenters. The lowest BCUT2D eigenvalue weighted by molar-refractivity contribution is -0.139. The molecule has 3 aromatic rings. The highest BCUT2D eigenvalue weighted by Gasteiger charge is 2.35. The molecule has 5 rings (SSSR count). The molecule has 0 saturated carbocycles. The predicted molar refractivity (Wildman–Crippen MR) is 202 cm³/mol. The number of carbonyl (C=O) groups is 2. The normalized spacial score (nSPS) is 17.0. The van der Waals surface area contributed by atoms with E-state index in [9.17, 15) is 27.9 Å². The molecular weight excluding hydrogens is 705 g/mol. The van der Waals surface area contributed by atoms with Gasteiger partial charge in [-0.3, -0.25) is 14.7 Å². The second-order valence-corrected chi connectivity index (χ2v) is 15.1. The van der Waals surface area contributed by atoms with Crippen molar-refractivity contribution >= 4 is 35.0 Å². The highest BCUT2D eigenvalue weighted by molar-refractivity contribution is 5.95. The molecule has 0 amide bonds. The molecule has 2 unspecified atom stereocenters. The van der Waals surface area contributed by atoms with E-state index in [0.717, 1.165) is 57.1 Å². The first-order chi connectivity index (χ1) is 25.8. The average Bonchev–Trinajstić information content (AvgIpc) is 3.40. The van der Waals surface area contributed by atoms with Crippen molar-refractivity contribution < 1.29 is 42.1 Å². The van der Waals surface area contributed by atoms with Gasteiger partial charge in [0.2, 0.25) is 0 Å². The Kier molecular flexibility index (Phi) is 14.0. The quantitative estimate of drug-likeness (QED) is 0.157. The van der Waals surface area contributed by atoms with Crippen molar-refractivity contribution in [1.82, 2.24) is 19.8 Å². The summed E-state index contributed by atoms with van der Waals surface area (Å²) in [6, 6.07) is 7.45. The van der Waals surface area contributed by atoms with Crippen LogP contribution in [0.4, 0.5) is 24.5 Å². The first-order valence-corrected chi connectivity index (χ1v) is 18.7. The molecule has 1 aromatic carbocycles. The van der Waals surface area contributed by atoms with Gasteiger partial charge >= 0.3 is 6.18 Å². The van der Waals surface area contributed by atoms with Gasteiger partial charge in [0.05, 0.1) is 67.9 Å². The Hall–Kier alpha value is -3.76. The fraction of sp³-hybridized carbons (Fsp3) is 0.615. The van der Waals surface area contributed by atoms with Crippen molar-refractivity contribution in [2.24, 2.45) is 5.41 Å². The largest absolute Gasteiger partial charge is 0.467 e. The minimum atomic E-state index is -4.56. The number of aliphatic hydroxyl groups excluding tert-OH is 1. The van der Waals surface area contributed by atoms with Crippen LogP contribution in [-0.4, -0.2) is 130 Å². The van der Waals surface area contributed by atoms with Gasteiger partial charge in [0.1, 0.15) is 12.8 Å². The van der Waals surface area contributed by atoms with E-state index in [1.165, 1.54) is 4.57 Å². The van der Waals surface area contributed by atoms with Crippen molar-refractivity contribution in [2.45, 2.75) is 70.9 Å². The van der Waals surface area contributed by atoms with Gasteiger partial charge in [-0.1, -0.05) is 13.8 Å². The third-order valence-corrected chi connectivity index (χ3v) is 10.6. The molecule has 298 valence electrons. The molecule has 2 aliphatic heterocycles. The maximum absolute atomic E-state index is 14.7. The van der Waals surface area contributed by atoms with Crippen molar-refractivity contribution in [3.8, 4) is 11.3 Å². The van der Waals surface area contributed by atoms with Crippen molar-refractivity contribution in [2.75, 3.05) is 89.7 Å². The predicted octanol–water partition coefficient (Wildman–Crippen LogP) is 4.60. The summed E-state index contributed by atoms with van der Waals surface area (Å²) in [6.45, 7) is 10.1. The highest BCUT2D eigenvalue weighted by Crippen LogP contribution is 2.44. The molecule has 54 heavy (non-hydrogen) atoms. The Morgan fingerprint density at radius 2 is 1.87 bits per heavy atom. The number of likely N-dealkylation sites (N-methyl/N-ethyl adjacent to an activating group) is 1. The standard InChI is InChI=1S/C39H55F3N6O6/c1-27(52-5)36-33(18-30(20-44-36)46-11-13-47(14-12-46)31-22-53-23-31)37-34(19-38(2,3)25-54-26-51)32-17-29(8-9-35(32)48(37)24-39(40,41)42)45(15-16-49)10-6-7-28(21-50)43-4/h8-9,17-18,20-21,26-28,31,43,49H,6-7,10-16,19,22-25H2,1-5H3. The lowest BCUT2D eigenvalue weighted by Gasteiger charge is -2.43. The number of pyridine rings is 1. The van der Waals surface area contributed by atoms with Crippen LogP contribution >= 0.6 is 0 Å². The van der Waals surface area contributed by atoms with E-state index >= 15 is 0 Å². The molecule has 0 spiro atoms. The summed E-state index contributed by atoms with van der Waals surface area (Å²) >= 11 is 0. The summed E-state index contributed by atoms with van der Waals surface area (Å²) in [6.07, 6.45) is -0.948. The van der Waals surface area contributed by atoms with Crippen LogP contribution in [-0.2, 0) is 36.8 Å². The van der Waals surface area contributed by atoms with Crippen molar-refractivity contribution in [1.29, 1.82) is 0 Å². The third-order valence-electron chi connectivity index (χ3n) is 10.6. The Labute approximate surface area is 315 Å². The van der Waals surface area contributed by atoms with Gasteiger partial charge in [-0.05, 0) is 63.1 Å². The molecule has 0 bridgehead atoms. The summed E-state index contributed by atoms with van der Waals surface area (Å²) in [5, 5.41) is 13.6. The van der Waals surface area contributed by atoms with E-state index in [2.05, 4.69) is 15.1 Å². The number of rotatable bonds is 20. The van der Waals surface area contributed by atoms with E-state index in [0.29, 0.717) is 71.9 Å². The summed E-state index contributed by atoms with van der Waals surface area (Å²) in [7, 11) is 3.27. The summed E-state index contributed by atoms with van der Waals surface area (Å²) < 4.78 is 61.7. The van der Waals surface area contributed by atoms with Gasteiger partial charge in [0.15, 0.2) is 0 Å². The minimum absolute atomic E-state index is 0.0531.